The predicted molar refractivity (Wildman–Crippen MR) is 143 cm³/mol. The summed E-state index contributed by atoms with van der Waals surface area (Å²) in [4.78, 5) is 14.6. The first-order chi connectivity index (χ1) is 15.7. The summed E-state index contributed by atoms with van der Waals surface area (Å²) in [6.45, 7) is 11.9. The van der Waals surface area contributed by atoms with Crippen LogP contribution >= 0.6 is 0 Å². The highest BCUT2D eigenvalue weighted by Crippen LogP contribution is 2.38. The molecule has 0 aliphatic carbocycles. The van der Waals surface area contributed by atoms with Crippen molar-refractivity contribution in [2.24, 2.45) is 0 Å². The van der Waals surface area contributed by atoms with Crippen LogP contribution < -0.4 is 5.32 Å². The molecule has 0 aromatic carbocycles. The molecule has 0 saturated carbocycles. The lowest BCUT2D eigenvalue weighted by atomic mass is 9.79. The van der Waals surface area contributed by atoms with Gasteiger partial charge in [0.2, 0.25) is 0 Å². The van der Waals surface area contributed by atoms with Crippen molar-refractivity contribution in [3.8, 4) is 0 Å². The third-order valence-corrected chi connectivity index (χ3v) is 7.50. The van der Waals surface area contributed by atoms with Crippen molar-refractivity contribution in [3.05, 3.63) is 12.2 Å². The Morgan fingerprint density at radius 2 is 1.27 bits per heavy atom. The van der Waals surface area contributed by atoms with E-state index in [2.05, 4.69) is 64.0 Å². The molecule has 1 N–H and O–H groups in total. The van der Waals surface area contributed by atoms with Gasteiger partial charge in [-0.25, -0.2) is 4.79 Å². The number of ether oxygens (including phenoxy) is 1. The number of rotatable bonds is 17. The minimum atomic E-state index is -0.246. The molecule has 0 aromatic heterocycles. The van der Waals surface area contributed by atoms with Crippen LogP contribution in [0.25, 0.3) is 0 Å². The molecule has 0 aromatic rings. The fourth-order valence-electron chi connectivity index (χ4n) is 5.12. The van der Waals surface area contributed by atoms with Crippen molar-refractivity contribution in [3.63, 3.8) is 0 Å². The van der Waals surface area contributed by atoms with Crippen LogP contribution in [0.4, 0.5) is 4.79 Å². The number of nitrogens with one attached hydrogen (secondary N) is 1. The first-order valence-corrected chi connectivity index (χ1v) is 14.0. The van der Waals surface area contributed by atoms with E-state index >= 15 is 0 Å². The molecule has 1 amide bonds. The predicted octanol–water partition coefficient (Wildman–Crippen LogP) is 8.40. The molecule has 0 spiro atoms. The molecule has 1 fully saturated rings. The summed E-state index contributed by atoms with van der Waals surface area (Å²) in [7, 11) is 2.17. The molecule has 1 aliphatic heterocycles. The van der Waals surface area contributed by atoms with E-state index in [1.54, 1.807) is 0 Å². The van der Waals surface area contributed by atoms with Gasteiger partial charge >= 0.3 is 6.09 Å². The second-order valence-corrected chi connectivity index (χ2v) is 11.5. The summed E-state index contributed by atoms with van der Waals surface area (Å²) >= 11 is 0. The summed E-state index contributed by atoms with van der Waals surface area (Å²) < 4.78 is 5.76. The number of carbonyl (C=O) groups excluding carboxylic acids is 1. The van der Waals surface area contributed by atoms with E-state index in [-0.39, 0.29) is 23.3 Å². The van der Waals surface area contributed by atoms with Gasteiger partial charge in [-0.3, -0.25) is 4.90 Å². The summed E-state index contributed by atoms with van der Waals surface area (Å²) in [5.74, 6) is 0. The minimum Gasteiger partial charge on any atom is -0.446 e. The number of nitrogens with zero attached hydrogens (tertiary/aromatic N) is 1. The van der Waals surface area contributed by atoms with Gasteiger partial charge in [0, 0.05) is 30.5 Å². The number of likely N-dealkylation sites (tertiary alicyclic amines) is 1. The first-order valence-electron chi connectivity index (χ1n) is 14.0. The van der Waals surface area contributed by atoms with Gasteiger partial charge in [-0.2, -0.15) is 0 Å². The van der Waals surface area contributed by atoms with Crippen LogP contribution in [0.3, 0.4) is 0 Å². The number of carbonyl (C=O) groups is 1. The number of piperidine rings is 1. The minimum absolute atomic E-state index is 0.00829. The molecule has 1 aliphatic rings. The summed E-state index contributed by atoms with van der Waals surface area (Å²) in [6, 6.07) is 0. The number of unbranched alkanes of at least 4 members (excludes halogenated alkanes) is 12. The van der Waals surface area contributed by atoms with E-state index in [0.717, 1.165) is 25.8 Å². The van der Waals surface area contributed by atoms with Crippen LogP contribution in [0.2, 0.25) is 0 Å². The maximum atomic E-state index is 12.2. The number of alkyl carbamates (subject to hydrolysis) is 1. The zero-order valence-corrected chi connectivity index (χ0v) is 23.0. The van der Waals surface area contributed by atoms with E-state index < -0.39 is 0 Å². The normalized spacial score (nSPS) is 18.6. The highest BCUT2D eigenvalue weighted by atomic mass is 16.6. The molecule has 0 bridgehead atoms. The molecule has 1 heterocycles. The number of amides is 1. The smallest absolute Gasteiger partial charge is 0.407 e. The third-order valence-electron chi connectivity index (χ3n) is 7.50. The quantitative estimate of drug-likeness (QED) is 0.173. The molecule has 4 heteroatoms. The summed E-state index contributed by atoms with van der Waals surface area (Å²) in [6.07, 6.45) is 24.5. The monoisotopic (exact) mass is 464 g/mol. The Hall–Kier alpha value is -1.03. The van der Waals surface area contributed by atoms with E-state index in [4.69, 9.17) is 4.74 Å². The van der Waals surface area contributed by atoms with E-state index in [1.807, 2.05) is 0 Å². The summed E-state index contributed by atoms with van der Waals surface area (Å²) in [5, 5.41) is 2.96. The Labute approximate surface area is 206 Å². The van der Waals surface area contributed by atoms with E-state index in [0.29, 0.717) is 0 Å². The van der Waals surface area contributed by atoms with Crippen molar-refractivity contribution < 1.29 is 9.53 Å². The number of hydrogen-bond donors (Lipinski definition) is 1. The Kier molecular flexibility index (Phi) is 15.1. The Balaban J connectivity index is 1.94. The van der Waals surface area contributed by atoms with Gasteiger partial charge in [0.1, 0.15) is 6.10 Å². The molecule has 0 atom stereocenters. The zero-order valence-electron chi connectivity index (χ0n) is 23.0. The van der Waals surface area contributed by atoms with Crippen molar-refractivity contribution in [2.75, 3.05) is 13.6 Å². The zero-order chi connectivity index (χ0) is 24.6. The van der Waals surface area contributed by atoms with Crippen LogP contribution in [0.15, 0.2) is 12.2 Å². The second-order valence-electron chi connectivity index (χ2n) is 11.5. The van der Waals surface area contributed by atoms with Gasteiger partial charge in [0.15, 0.2) is 0 Å². The average Bonchev–Trinajstić information content (AvgIpc) is 2.73. The van der Waals surface area contributed by atoms with Crippen LogP contribution in [-0.4, -0.2) is 41.8 Å². The standard InChI is InChI=1S/C29H56N2O2/c1-7-8-9-10-11-12-13-14-15-16-17-18-19-20-21-22-23-30-27(32)33-26-24-28(2,3)31(6)29(4,5)25-26/h14-15,26H,7-13,16-25H2,1-6H3,(H,30,32)/b15-14-. The topological polar surface area (TPSA) is 41.6 Å². The maximum Gasteiger partial charge on any atom is 0.407 e. The van der Waals surface area contributed by atoms with Crippen molar-refractivity contribution >= 4 is 6.09 Å². The van der Waals surface area contributed by atoms with Crippen LogP contribution in [-0.2, 0) is 4.74 Å². The lowest BCUT2D eigenvalue weighted by Crippen LogP contribution is -2.60. The molecule has 0 unspecified atom stereocenters. The van der Waals surface area contributed by atoms with E-state index in [1.165, 1.54) is 83.5 Å². The fourth-order valence-corrected chi connectivity index (χ4v) is 5.12. The third kappa shape index (κ3) is 13.4. The highest BCUT2D eigenvalue weighted by Gasteiger charge is 2.44. The molecule has 1 saturated heterocycles. The SMILES string of the molecule is CCCCCCCC/C=C\CCCCCCCCNC(=O)OC1CC(C)(C)N(C)C(C)(C)C1. The van der Waals surface area contributed by atoms with Gasteiger partial charge in [-0.1, -0.05) is 76.9 Å². The Morgan fingerprint density at radius 3 is 1.79 bits per heavy atom. The molecule has 0 radical (unpaired) electrons. The lowest BCUT2D eigenvalue weighted by Gasteiger charge is -2.53. The highest BCUT2D eigenvalue weighted by molar-refractivity contribution is 5.67. The van der Waals surface area contributed by atoms with Gasteiger partial charge in [-0.15, -0.1) is 0 Å². The number of allylic oxidation sites excluding steroid dienone is 2. The lowest BCUT2D eigenvalue weighted by molar-refractivity contribution is -0.0680. The van der Waals surface area contributed by atoms with Crippen LogP contribution in [0.5, 0.6) is 0 Å². The molecular weight excluding hydrogens is 408 g/mol. The van der Waals surface area contributed by atoms with Crippen molar-refractivity contribution in [2.45, 2.75) is 155 Å². The first kappa shape index (κ1) is 30.0. The summed E-state index contributed by atoms with van der Waals surface area (Å²) in [5.41, 5.74) is 0.0761. The van der Waals surface area contributed by atoms with Crippen molar-refractivity contribution in [1.82, 2.24) is 10.2 Å². The fraction of sp³-hybridized carbons (Fsp3) is 0.897. The van der Waals surface area contributed by atoms with Crippen LogP contribution in [0, 0.1) is 0 Å². The molecule has 4 nitrogen and oxygen atoms in total. The molecule has 1 rings (SSSR count). The second kappa shape index (κ2) is 16.6. The van der Waals surface area contributed by atoms with Gasteiger partial charge in [-0.05, 0) is 66.8 Å². The Bertz CT molecular complexity index is 524. The largest absolute Gasteiger partial charge is 0.446 e. The van der Waals surface area contributed by atoms with E-state index in [9.17, 15) is 4.79 Å². The van der Waals surface area contributed by atoms with Gasteiger partial charge in [0.25, 0.3) is 0 Å². The maximum absolute atomic E-state index is 12.2. The van der Waals surface area contributed by atoms with Crippen molar-refractivity contribution in [1.29, 1.82) is 0 Å². The van der Waals surface area contributed by atoms with Gasteiger partial charge < -0.3 is 10.1 Å². The molecular formula is C29H56N2O2. The molecule has 194 valence electrons. The number of hydrogen-bond acceptors (Lipinski definition) is 3. The van der Waals surface area contributed by atoms with Crippen LogP contribution in [0.1, 0.15) is 137 Å². The Morgan fingerprint density at radius 1 is 0.818 bits per heavy atom. The molecule has 33 heavy (non-hydrogen) atoms. The van der Waals surface area contributed by atoms with Gasteiger partial charge in [0.05, 0.1) is 0 Å². The average molecular weight is 465 g/mol.